The van der Waals surface area contributed by atoms with Crippen LogP contribution in [0.1, 0.15) is 11.1 Å². The number of nitrogens with zero attached hydrogens (tertiary/aromatic N) is 1. The predicted octanol–water partition coefficient (Wildman–Crippen LogP) is 1.33. The fourth-order valence-corrected chi connectivity index (χ4v) is 2.45. The van der Waals surface area contributed by atoms with Gasteiger partial charge in [-0.05, 0) is 26.0 Å². The second kappa shape index (κ2) is 4.51. The maximum atomic E-state index is 12.0. The number of aromatic nitrogens is 1. The molecule has 0 saturated heterocycles. The topological polar surface area (TPSA) is 88.8 Å². The summed E-state index contributed by atoms with van der Waals surface area (Å²) in [5.74, 6) is -0.899. The first-order valence-electron chi connectivity index (χ1n) is 5.44. The summed E-state index contributed by atoms with van der Waals surface area (Å²) in [6.07, 6.45) is 0. The molecule has 19 heavy (non-hydrogen) atoms. The van der Waals surface area contributed by atoms with E-state index in [0.717, 1.165) is 0 Å². The van der Waals surface area contributed by atoms with Gasteiger partial charge in [0, 0.05) is 11.1 Å². The summed E-state index contributed by atoms with van der Waals surface area (Å²) >= 11 is 0. The van der Waals surface area contributed by atoms with E-state index in [1.807, 2.05) is 0 Å². The largest absolute Gasteiger partial charge is 0.492 e. The van der Waals surface area contributed by atoms with E-state index in [1.54, 1.807) is 32.0 Å². The zero-order valence-corrected chi connectivity index (χ0v) is 11.2. The Balaban J connectivity index is 2.45. The van der Waals surface area contributed by atoms with E-state index >= 15 is 0 Å². The molecule has 0 spiro atoms. The summed E-state index contributed by atoms with van der Waals surface area (Å²) in [4.78, 5) is -0.0715. The standard InChI is InChI=1S/C12H13NO5S/c1-8-9(2)12(15)13(11(8)14)18-19(16,17)10-6-4-3-5-7-10/h3-7,14-15H,1-2H3. The van der Waals surface area contributed by atoms with Gasteiger partial charge in [0.2, 0.25) is 11.8 Å². The van der Waals surface area contributed by atoms with Crippen molar-refractivity contribution in [3.63, 3.8) is 0 Å². The van der Waals surface area contributed by atoms with Crippen LogP contribution in [-0.2, 0) is 10.1 Å². The van der Waals surface area contributed by atoms with E-state index in [1.165, 1.54) is 12.1 Å². The average Bonchev–Trinajstić information content (AvgIpc) is 2.57. The fraction of sp³-hybridized carbons (Fsp3) is 0.167. The molecule has 0 amide bonds. The van der Waals surface area contributed by atoms with Gasteiger partial charge >= 0.3 is 10.1 Å². The van der Waals surface area contributed by atoms with Crippen molar-refractivity contribution in [2.24, 2.45) is 0 Å². The smallest absolute Gasteiger partial charge is 0.357 e. The van der Waals surface area contributed by atoms with Gasteiger partial charge in [-0.15, -0.1) is 0 Å². The first-order valence-corrected chi connectivity index (χ1v) is 6.85. The second-order valence-corrected chi connectivity index (χ2v) is 5.56. The van der Waals surface area contributed by atoms with Crippen molar-refractivity contribution in [3.8, 4) is 11.8 Å². The predicted molar refractivity (Wildman–Crippen MR) is 67.4 cm³/mol. The van der Waals surface area contributed by atoms with Crippen molar-refractivity contribution in [3.05, 3.63) is 41.5 Å². The van der Waals surface area contributed by atoms with Crippen molar-refractivity contribution in [2.75, 3.05) is 0 Å². The molecule has 2 rings (SSSR count). The first-order chi connectivity index (χ1) is 8.84. The molecule has 0 aliphatic rings. The minimum atomic E-state index is -4.12. The van der Waals surface area contributed by atoms with Gasteiger partial charge in [0.15, 0.2) is 0 Å². The molecule has 7 heteroatoms. The molecular weight excluding hydrogens is 270 g/mol. The molecule has 0 bridgehead atoms. The third-order valence-electron chi connectivity index (χ3n) is 2.82. The van der Waals surface area contributed by atoms with Crippen LogP contribution in [0.3, 0.4) is 0 Å². The number of benzene rings is 1. The molecule has 0 saturated carbocycles. The molecule has 6 nitrogen and oxygen atoms in total. The highest BCUT2D eigenvalue weighted by Gasteiger charge is 2.24. The zero-order chi connectivity index (χ0) is 14.2. The molecular formula is C12H13NO5S. The third kappa shape index (κ3) is 2.24. The van der Waals surface area contributed by atoms with Crippen LogP contribution in [0, 0.1) is 13.8 Å². The maximum Gasteiger partial charge on any atom is 0.357 e. The first kappa shape index (κ1) is 13.3. The van der Waals surface area contributed by atoms with Gasteiger partial charge in [0.1, 0.15) is 4.90 Å². The van der Waals surface area contributed by atoms with Crippen molar-refractivity contribution < 1.29 is 22.9 Å². The monoisotopic (exact) mass is 283 g/mol. The Morgan fingerprint density at radius 2 is 1.47 bits per heavy atom. The van der Waals surface area contributed by atoms with Crippen LogP contribution in [0.4, 0.5) is 0 Å². The van der Waals surface area contributed by atoms with E-state index < -0.39 is 21.9 Å². The summed E-state index contributed by atoms with van der Waals surface area (Å²) in [6.45, 7) is 3.08. The Morgan fingerprint density at radius 1 is 1.00 bits per heavy atom. The van der Waals surface area contributed by atoms with Crippen LogP contribution in [0.5, 0.6) is 11.8 Å². The Hall–Kier alpha value is -2.15. The van der Waals surface area contributed by atoms with Crippen LogP contribution in [0.25, 0.3) is 0 Å². The summed E-state index contributed by atoms with van der Waals surface area (Å²) in [5.41, 5.74) is 0.696. The molecule has 0 unspecified atom stereocenters. The van der Waals surface area contributed by atoms with Crippen LogP contribution >= 0.6 is 0 Å². The van der Waals surface area contributed by atoms with Crippen molar-refractivity contribution in [2.45, 2.75) is 18.7 Å². The number of rotatable bonds is 3. The Labute approximate surface area is 110 Å². The average molecular weight is 283 g/mol. The molecule has 0 aliphatic heterocycles. The molecule has 2 aromatic rings. The van der Waals surface area contributed by atoms with Crippen molar-refractivity contribution in [1.82, 2.24) is 4.73 Å². The number of hydrogen-bond donors (Lipinski definition) is 2. The molecule has 0 radical (unpaired) electrons. The van der Waals surface area contributed by atoms with E-state index in [2.05, 4.69) is 0 Å². The Kier molecular flexibility index (Phi) is 3.15. The molecule has 0 atom stereocenters. The van der Waals surface area contributed by atoms with Gasteiger partial charge in [-0.1, -0.05) is 22.9 Å². The van der Waals surface area contributed by atoms with Gasteiger partial charge in [-0.25, -0.2) is 0 Å². The minimum absolute atomic E-state index is 0.0715. The van der Waals surface area contributed by atoms with Crippen LogP contribution in [0.15, 0.2) is 35.2 Å². The van der Waals surface area contributed by atoms with Gasteiger partial charge in [-0.3, -0.25) is 4.28 Å². The van der Waals surface area contributed by atoms with Crippen molar-refractivity contribution >= 4 is 10.1 Å². The van der Waals surface area contributed by atoms with E-state index in [4.69, 9.17) is 4.28 Å². The number of hydrogen-bond acceptors (Lipinski definition) is 5. The van der Waals surface area contributed by atoms with E-state index in [-0.39, 0.29) is 4.90 Å². The molecule has 0 aliphatic carbocycles. The summed E-state index contributed by atoms with van der Waals surface area (Å²) in [7, 11) is -4.12. The zero-order valence-electron chi connectivity index (χ0n) is 10.4. The fourth-order valence-electron chi connectivity index (χ4n) is 1.54. The lowest BCUT2D eigenvalue weighted by atomic mass is 10.2. The Morgan fingerprint density at radius 3 is 1.95 bits per heavy atom. The van der Waals surface area contributed by atoms with Gasteiger partial charge < -0.3 is 10.2 Å². The SMILES string of the molecule is Cc1c(C)c(O)n(OS(=O)(=O)c2ccccc2)c1O. The quantitative estimate of drug-likeness (QED) is 0.887. The second-order valence-electron chi connectivity index (χ2n) is 4.03. The van der Waals surface area contributed by atoms with Gasteiger partial charge in [-0.2, -0.15) is 8.42 Å². The summed E-state index contributed by atoms with van der Waals surface area (Å²) in [5, 5.41) is 19.4. The van der Waals surface area contributed by atoms with E-state index in [9.17, 15) is 18.6 Å². The van der Waals surface area contributed by atoms with Crippen molar-refractivity contribution in [1.29, 1.82) is 0 Å². The lowest BCUT2D eigenvalue weighted by Crippen LogP contribution is -2.19. The lowest BCUT2D eigenvalue weighted by Gasteiger charge is -2.08. The molecule has 1 heterocycles. The highest BCUT2D eigenvalue weighted by molar-refractivity contribution is 7.87. The summed E-state index contributed by atoms with van der Waals surface area (Å²) in [6, 6.07) is 7.46. The third-order valence-corrected chi connectivity index (χ3v) is 4.02. The van der Waals surface area contributed by atoms with Crippen LogP contribution < -0.4 is 4.28 Å². The molecule has 2 N–H and O–H groups in total. The highest BCUT2D eigenvalue weighted by atomic mass is 32.2. The summed E-state index contributed by atoms with van der Waals surface area (Å²) < 4.78 is 29.2. The van der Waals surface area contributed by atoms with Crippen LogP contribution in [0.2, 0.25) is 0 Å². The van der Waals surface area contributed by atoms with Crippen LogP contribution in [-0.4, -0.2) is 23.4 Å². The number of aromatic hydroxyl groups is 2. The molecule has 0 fully saturated rings. The van der Waals surface area contributed by atoms with E-state index in [0.29, 0.717) is 15.9 Å². The minimum Gasteiger partial charge on any atom is -0.492 e. The molecule has 1 aromatic heterocycles. The van der Waals surface area contributed by atoms with Gasteiger partial charge in [0.25, 0.3) is 0 Å². The van der Waals surface area contributed by atoms with Gasteiger partial charge in [0.05, 0.1) is 0 Å². The normalized spacial score (nSPS) is 11.5. The molecule has 1 aromatic carbocycles. The highest BCUT2D eigenvalue weighted by Crippen LogP contribution is 2.31. The Bertz CT molecular complexity index is 678. The lowest BCUT2D eigenvalue weighted by molar-refractivity contribution is 0.202. The molecule has 102 valence electrons. The maximum absolute atomic E-state index is 12.0.